The largest absolute Gasteiger partial charge is 0.388 e. The lowest BCUT2D eigenvalue weighted by Gasteiger charge is -2.22. The molecule has 0 amide bonds. The predicted molar refractivity (Wildman–Crippen MR) is 76.8 cm³/mol. The summed E-state index contributed by atoms with van der Waals surface area (Å²) in [5.41, 5.74) is 1.51. The van der Waals surface area contributed by atoms with Gasteiger partial charge in [0.15, 0.2) is 5.78 Å². The van der Waals surface area contributed by atoms with Crippen LogP contribution in [0.1, 0.15) is 47.0 Å². The molecule has 1 atom stereocenters. The van der Waals surface area contributed by atoms with Gasteiger partial charge in [-0.05, 0) is 46.1 Å². The highest BCUT2D eigenvalue weighted by Crippen LogP contribution is 2.27. The normalized spacial score (nSPS) is 21.2. The maximum atomic E-state index is 12.0. The average Bonchev–Trinajstić information content (AvgIpc) is 2.27. The van der Waals surface area contributed by atoms with Crippen LogP contribution in [0.15, 0.2) is 34.9 Å². The molecule has 0 bridgehead atoms. The molecule has 0 aliphatic heterocycles. The van der Waals surface area contributed by atoms with Crippen LogP contribution in [-0.4, -0.2) is 27.7 Å². The van der Waals surface area contributed by atoms with Crippen LogP contribution in [-0.2, 0) is 4.79 Å². The fraction of sp³-hybridized carbons (Fsp3) is 0.562. The zero-order valence-corrected chi connectivity index (χ0v) is 12.2. The number of carbonyl (C=O) groups excluding carboxylic acids is 1. The van der Waals surface area contributed by atoms with Gasteiger partial charge >= 0.3 is 0 Å². The summed E-state index contributed by atoms with van der Waals surface area (Å²) >= 11 is 0. The fourth-order valence-electron chi connectivity index (χ4n) is 1.98. The number of aliphatic hydroxyl groups excluding tert-OH is 1. The standard InChI is InChI=1S/C16H24O3/c1-11(2)5-6-12-13(9-10-16(3,4)19)15(18)8-7-14(12)17/h5,9-10,15,18-19H,6-8H2,1-4H3/b10-9-/t15-/m0/s1. The van der Waals surface area contributed by atoms with Gasteiger partial charge in [0.05, 0.1) is 11.7 Å². The molecule has 0 unspecified atom stereocenters. The van der Waals surface area contributed by atoms with Crippen molar-refractivity contribution in [2.45, 2.75) is 58.7 Å². The second-order valence-electron chi connectivity index (χ2n) is 5.88. The molecular formula is C16H24O3. The highest BCUT2D eigenvalue weighted by molar-refractivity contribution is 5.98. The number of allylic oxidation sites excluding steroid dienone is 3. The summed E-state index contributed by atoms with van der Waals surface area (Å²) in [6, 6.07) is 0. The second kappa shape index (κ2) is 6.31. The van der Waals surface area contributed by atoms with Crippen molar-refractivity contribution in [2.75, 3.05) is 0 Å². The van der Waals surface area contributed by atoms with Crippen LogP contribution in [0.5, 0.6) is 0 Å². The summed E-state index contributed by atoms with van der Waals surface area (Å²) in [6.07, 6.45) is 6.09. The first-order valence-electron chi connectivity index (χ1n) is 6.70. The van der Waals surface area contributed by atoms with Crippen LogP contribution in [0.2, 0.25) is 0 Å². The molecule has 0 radical (unpaired) electrons. The van der Waals surface area contributed by atoms with Crippen molar-refractivity contribution in [1.82, 2.24) is 0 Å². The molecule has 0 spiro atoms. The first kappa shape index (κ1) is 15.9. The number of carbonyl (C=O) groups is 1. The Balaban J connectivity index is 3.12. The molecule has 1 rings (SSSR count). The second-order valence-corrected chi connectivity index (χ2v) is 5.88. The maximum Gasteiger partial charge on any atom is 0.159 e. The van der Waals surface area contributed by atoms with E-state index in [-0.39, 0.29) is 5.78 Å². The minimum absolute atomic E-state index is 0.0956. The van der Waals surface area contributed by atoms with Crippen molar-refractivity contribution in [3.05, 3.63) is 34.9 Å². The van der Waals surface area contributed by atoms with Crippen LogP contribution in [0.25, 0.3) is 0 Å². The molecule has 0 heterocycles. The third-order valence-corrected chi connectivity index (χ3v) is 3.07. The van der Waals surface area contributed by atoms with Crippen molar-refractivity contribution in [1.29, 1.82) is 0 Å². The van der Waals surface area contributed by atoms with E-state index in [1.54, 1.807) is 26.0 Å². The molecule has 0 aromatic carbocycles. The minimum atomic E-state index is -0.950. The van der Waals surface area contributed by atoms with Gasteiger partial charge in [-0.1, -0.05) is 23.8 Å². The molecule has 3 nitrogen and oxygen atoms in total. The summed E-state index contributed by atoms with van der Waals surface area (Å²) in [7, 11) is 0. The quantitative estimate of drug-likeness (QED) is 0.768. The maximum absolute atomic E-state index is 12.0. The summed E-state index contributed by atoms with van der Waals surface area (Å²) in [4.78, 5) is 12.0. The number of hydrogen-bond donors (Lipinski definition) is 2. The van der Waals surface area contributed by atoms with E-state index in [2.05, 4.69) is 0 Å². The van der Waals surface area contributed by atoms with Gasteiger partial charge in [-0.3, -0.25) is 4.79 Å². The Bertz CT molecular complexity index is 429. The van der Waals surface area contributed by atoms with E-state index in [1.165, 1.54) is 0 Å². The Morgan fingerprint density at radius 2 is 2.05 bits per heavy atom. The lowest BCUT2D eigenvalue weighted by Crippen LogP contribution is -2.23. The molecule has 0 fully saturated rings. The summed E-state index contributed by atoms with van der Waals surface area (Å²) in [5.74, 6) is 0.0956. The summed E-state index contributed by atoms with van der Waals surface area (Å²) < 4.78 is 0. The Morgan fingerprint density at radius 1 is 1.42 bits per heavy atom. The molecule has 106 valence electrons. The Morgan fingerprint density at radius 3 is 2.58 bits per heavy atom. The van der Waals surface area contributed by atoms with E-state index in [1.807, 2.05) is 19.9 Å². The average molecular weight is 264 g/mol. The summed E-state index contributed by atoms with van der Waals surface area (Å²) in [6.45, 7) is 7.29. The minimum Gasteiger partial charge on any atom is -0.388 e. The van der Waals surface area contributed by atoms with Crippen LogP contribution >= 0.6 is 0 Å². The van der Waals surface area contributed by atoms with Gasteiger partial charge in [0, 0.05) is 12.0 Å². The van der Waals surface area contributed by atoms with Crippen LogP contribution in [0.4, 0.5) is 0 Å². The number of ketones is 1. The Labute approximate surface area is 115 Å². The van der Waals surface area contributed by atoms with Crippen LogP contribution < -0.4 is 0 Å². The van der Waals surface area contributed by atoms with Crippen LogP contribution in [0, 0.1) is 0 Å². The first-order chi connectivity index (χ1) is 8.70. The van der Waals surface area contributed by atoms with E-state index in [0.717, 1.165) is 5.57 Å². The van der Waals surface area contributed by atoms with E-state index >= 15 is 0 Å². The van der Waals surface area contributed by atoms with Gasteiger partial charge in [0.2, 0.25) is 0 Å². The predicted octanol–water partition coefficient (Wildman–Crippen LogP) is 2.69. The molecule has 0 aromatic heterocycles. The van der Waals surface area contributed by atoms with Gasteiger partial charge in [0.25, 0.3) is 0 Å². The van der Waals surface area contributed by atoms with E-state index in [0.29, 0.717) is 30.4 Å². The summed E-state index contributed by atoms with van der Waals surface area (Å²) in [5, 5.41) is 19.8. The van der Waals surface area contributed by atoms with E-state index in [9.17, 15) is 15.0 Å². The molecule has 1 aliphatic carbocycles. The van der Waals surface area contributed by atoms with Crippen molar-refractivity contribution in [2.24, 2.45) is 0 Å². The van der Waals surface area contributed by atoms with Crippen molar-refractivity contribution in [3.8, 4) is 0 Å². The van der Waals surface area contributed by atoms with Gasteiger partial charge in [-0.2, -0.15) is 0 Å². The topological polar surface area (TPSA) is 57.5 Å². The molecule has 1 aliphatic rings. The third-order valence-electron chi connectivity index (χ3n) is 3.07. The number of Topliss-reactive ketones (excluding diaryl/α,β-unsaturated/α-hetero) is 1. The highest BCUT2D eigenvalue weighted by atomic mass is 16.3. The highest BCUT2D eigenvalue weighted by Gasteiger charge is 2.25. The van der Waals surface area contributed by atoms with Crippen LogP contribution in [0.3, 0.4) is 0 Å². The Kier molecular flexibility index (Phi) is 5.27. The van der Waals surface area contributed by atoms with Crippen molar-refractivity contribution >= 4 is 5.78 Å². The molecule has 2 N–H and O–H groups in total. The molecule has 3 heteroatoms. The molecule has 0 saturated heterocycles. The smallest absolute Gasteiger partial charge is 0.159 e. The Hall–Kier alpha value is -1.19. The zero-order valence-electron chi connectivity index (χ0n) is 12.2. The van der Waals surface area contributed by atoms with E-state index < -0.39 is 11.7 Å². The number of hydrogen-bond acceptors (Lipinski definition) is 3. The van der Waals surface area contributed by atoms with Gasteiger partial charge in [0.1, 0.15) is 0 Å². The SMILES string of the molecule is CC(C)=CCC1=C(/C=C\C(C)(C)O)[C@@H](O)CCC1=O. The molecule has 0 aromatic rings. The third kappa shape index (κ3) is 5.13. The van der Waals surface area contributed by atoms with E-state index in [4.69, 9.17) is 0 Å². The molecule has 0 saturated carbocycles. The zero-order chi connectivity index (χ0) is 14.6. The lowest BCUT2D eigenvalue weighted by molar-refractivity contribution is -0.116. The molecular weight excluding hydrogens is 240 g/mol. The number of aliphatic hydroxyl groups is 2. The van der Waals surface area contributed by atoms with Crippen molar-refractivity contribution in [3.63, 3.8) is 0 Å². The first-order valence-corrected chi connectivity index (χ1v) is 6.70. The lowest BCUT2D eigenvalue weighted by atomic mass is 9.85. The van der Waals surface area contributed by atoms with Gasteiger partial charge in [-0.25, -0.2) is 0 Å². The molecule has 19 heavy (non-hydrogen) atoms. The monoisotopic (exact) mass is 264 g/mol. The van der Waals surface area contributed by atoms with Gasteiger partial charge < -0.3 is 10.2 Å². The van der Waals surface area contributed by atoms with Gasteiger partial charge in [-0.15, -0.1) is 0 Å². The number of rotatable bonds is 4. The fourth-order valence-corrected chi connectivity index (χ4v) is 1.98. The van der Waals surface area contributed by atoms with Crippen molar-refractivity contribution < 1.29 is 15.0 Å².